The number of thioether (sulfide) groups is 1. The number of aromatic nitrogens is 3. The smallest absolute Gasteiger partial charge is 0.209 e. The highest BCUT2D eigenvalue weighted by Gasteiger charge is 2.19. The van der Waals surface area contributed by atoms with Crippen LogP contribution in [0.25, 0.3) is 11.4 Å². The van der Waals surface area contributed by atoms with Crippen LogP contribution in [0.5, 0.6) is 0 Å². The lowest BCUT2D eigenvalue weighted by atomic mass is 10.1. The summed E-state index contributed by atoms with van der Waals surface area (Å²) < 4.78 is 13.9. The van der Waals surface area contributed by atoms with Gasteiger partial charge < -0.3 is 0 Å². The molecule has 0 saturated heterocycles. The van der Waals surface area contributed by atoms with Gasteiger partial charge in [0.2, 0.25) is 5.16 Å². The predicted molar refractivity (Wildman–Crippen MR) is 95.6 cm³/mol. The fraction of sp³-hybridized carbons (Fsp3) is 0.118. The van der Waals surface area contributed by atoms with E-state index in [0.717, 1.165) is 10.0 Å². The fourth-order valence-electron chi connectivity index (χ4n) is 2.13. The molecule has 1 N–H and O–H groups in total. The molecule has 0 bridgehead atoms. The minimum absolute atomic E-state index is 0.0905. The Hall–Kier alpha value is -1.99. The number of nitrogens with one attached hydrogen (secondary N) is 1. The number of benzene rings is 2. The highest BCUT2D eigenvalue weighted by molar-refractivity contribution is 9.10. The molecule has 0 aliphatic rings. The number of rotatable bonds is 5. The molecule has 0 saturated carbocycles. The second kappa shape index (κ2) is 7.27. The van der Waals surface area contributed by atoms with Gasteiger partial charge in [-0.3, -0.25) is 9.89 Å². The third kappa shape index (κ3) is 3.73. The van der Waals surface area contributed by atoms with E-state index in [1.807, 2.05) is 24.3 Å². The van der Waals surface area contributed by atoms with Gasteiger partial charge >= 0.3 is 0 Å². The normalized spacial score (nSPS) is 12.1. The molecule has 0 amide bonds. The quantitative estimate of drug-likeness (QED) is 0.491. The van der Waals surface area contributed by atoms with E-state index >= 15 is 0 Å². The average Bonchev–Trinajstić information content (AvgIpc) is 3.03. The SMILES string of the molecule is C[C@@H](Sc1n[nH]c(-c2ccccc2Br)n1)C(=O)c1ccc(F)cc1. The maximum absolute atomic E-state index is 13.0. The standard InChI is InChI=1S/C17H13BrFN3OS/c1-10(15(23)11-6-8-12(19)9-7-11)24-17-20-16(21-22-17)13-4-2-3-5-14(13)18/h2-10H,1H3,(H,20,21,22)/t10-/m1/s1. The predicted octanol–water partition coefficient (Wildman–Crippen LogP) is 4.74. The summed E-state index contributed by atoms with van der Waals surface area (Å²) in [5.74, 6) is 0.178. The first kappa shape index (κ1) is 16.9. The second-order valence-electron chi connectivity index (χ2n) is 5.08. The van der Waals surface area contributed by atoms with Crippen LogP contribution in [0.2, 0.25) is 0 Å². The van der Waals surface area contributed by atoms with Gasteiger partial charge in [0.15, 0.2) is 11.6 Å². The Balaban J connectivity index is 1.73. The molecule has 3 aromatic rings. The lowest BCUT2D eigenvalue weighted by Crippen LogP contribution is -2.13. The number of hydrogen-bond acceptors (Lipinski definition) is 4. The van der Waals surface area contributed by atoms with Gasteiger partial charge in [0.25, 0.3) is 0 Å². The van der Waals surface area contributed by atoms with E-state index in [2.05, 4.69) is 31.1 Å². The van der Waals surface area contributed by atoms with Crippen molar-refractivity contribution in [3.63, 3.8) is 0 Å². The molecule has 0 aliphatic carbocycles. The monoisotopic (exact) mass is 405 g/mol. The van der Waals surface area contributed by atoms with Crippen molar-refractivity contribution in [2.75, 3.05) is 0 Å². The summed E-state index contributed by atoms with van der Waals surface area (Å²) in [7, 11) is 0. The summed E-state index contributed by atoms with van der Waals surface area (Å²) in [5.41, 5.74) is 1.37. The summed E-state index contributed by atoms with van der Waals surface area (Å²) in [6.07, 6.45) is 0. The Morgan fingerprint density at radius 1 is 1.21 bits per heavy atom. The van der Waals surface area contributed by atoms with Crippen molar-refractivity contribution in [3.8, 4) is 11.4 Å². The lowest BCUT2D eigenvalue weighted by Gasteiger charge is -2.07. The molecule has 4 nitrogen and oxygen atoms in total. The summed E-state index contributed by atoms with van der Waals surface area (Å²) in [6.45, 7) is 1.78. The summed E-state index contributed by atoms with van der Waals surface area (Å²) in [6, 6.07) is 13.2. The summed E-state index contributed by atoms with van der Waals surface area (Å²) >= 11 is 4.73. The number of nitrogens with zero attached hydrogens (tertiary/aromatic N) is 2. The Labute approximate surface area is 151 Å². The van der Waals surface area contributed by atoms with Crippen molar-refractivity contribution in [2.45, 2.75) is 17.3 Å². The van der Waals surface area contributed by atoms with E-state index in [0.29, 0.717) is 16.5 Å². The molecule has 1 atom stereocenters. The highest BCUT2D eigenvalue weighted by atomic mass is 79.9. The minimum atomic E-state index is -0.377. The zero-order chi connectivity index (χ0) is 17.1. The van der Waals surface area contributed by atoms with E-state index in [-0.39, 0.29) is 16.9 Å². The van der Waals surface area contributed by atoms with E-state index in [1.165, 1.54) is 36.0 Å². The zero-order valence-electron chi connectivity index (χ0n) is 12.7. The van der Waals surface area contributed by atoms with Crippen molar-refractivity contribution < 1.29 is 9.18 Å². The van der Waals surface area contributed by atoms with Crippen LogP contribution in [0.3, 0.4) is 0 Å². The molecule has 0 aliphatic heterocycles. The topological polar surface area (TPSA) is 58.6 Å². The second-order valence-corrected chi connectivity index (χ2v) is 7.24. The molecule has 1 heterocycles. The van der Waals surface area contributed by atoms with E-state index in [1.54, 1.807) is 6.92 Å². The number of aromatic amines is 1. The van der Waals surface area contributed by atoms with Crippen LogP contribution < -0.4 is 0 Å². The maximum Gasteiger partial charge on any atom is 0.209 e. The van der Waals surface area contributed by atoms with Crippen molar-refractivity contribution in [1.82, 2.24) is 15.2 Å². The van der Waals surface area contributed by atoms with Crippen LogP contribution in [0.1, 0.15) is 17.3 Å². The lowest BCUT2D eigenvalue weighted by molar-refractivity contribution is 0.0994. The molecule has 24 heavy (non-hydrogen) atoms. The van der Waals surface area contributed by atoms with Gasteiger partial charge in [0, 0.05) is 15.6 Å². The fourth-order valence-corrected chi connectivity index (χ4v) is 3.41. The third-order valence-corrected chi connectivity index (χ3v) is 5.03. The van der Waals surface area contributed by atoms with Gasteiger partial charge in [0.1, 0.15) is 5.82 Å². The Morgan fingerprint density at radius 2 is 1.92 bits per heavy atom. The number of ketones is 1. The highest BCUT2D eigenvalue weighted by Crippen LogP contribution is 2.28. The molecule has 0 spiro atoms. The van der Waals surface area contributed by atoms with Crippen LogP contribution >= 0.6 is 27.7 Å². The first-order valence-corrected chi connectivity index (χ1v) is 8.85. The third-order valence-electron chi connectivity index (χ3n) is 3.37. The van der Waals surface area contributed by atoms with Crippen molar-refractivity contribution in [3.05, 3.63) is 64.4 Å². The van der Waals surface area contributed by atoms with Crippen LogP contribution in [0.4, 0.5) is 4.39 Å². The number of H-pyrrole nitrogens is 1. The van der Waals surface area contributed by atoms with E-state index in [4.69, 9.17) is 0 Å². The van der Waals surface area contributed by atoms with Gasteiger partial charge in [-0.1, -0.05) is 45.9 Å². The Morgan fingerprint density at radius 3 is 2.62 bits per heavy atom. The Bertz CT molecular complexity index is 866. The minimum Gasteiger partial charge on any atom is -0.293 e. The largest absolute Gasteiger partial charge is 0.293 e. The molecule has 0 radical (unpaired) electrons. The molecule has 0 fully saturated rings. The molecule has 0 unspecified atom stereocenters. The summed E-state index contributed by atoms with van der Waals surface area (Å²) in [4.78, 5) is 16.8. The molecule has 1 aromatic heterocycles. The number of carbonyl (C=O) groups is 1. The Kier molecular flexibility index (Phi) is 5.11. The van der Waals surface area contributed by atoms with E-state index in [9.17, 15) is 9.18 Å². The number of hydrogen-bond donors (Lipinski definition) is 1. The van der Waals surface area contributed by atoms with Gasteiger partial charge in [-0.05, 0) is 37.3 Å². The molecular formula is C17H13BrFN3OS. The first-order chi connectivity index (χ1) is 11.5. The van der Waals surface area contributed by atoms with Crippen LogP contribution in [0.15, 0.2) is 58.2 Å². The number of Topliss-reactive ketones (excluding diaryl/α,β-unsaturated/α-hetero) is 1. The van der Waals surface area contributed by atoms with Crippen LogP contribution in [-0.2, 0) is 0 Å². The molecule has 3 rings (SSSR count). The van der Waals surface area contributed by atoms with Gasteiger partial charge in [-0.25, -0.2) is 9.37 Å². The molecule has 2 aromatic carbocycles. The van der Waals surface area contributed by atoms with E-state index < -0.39 is 0 Å². The molecule has 122 valence electrons. The van der Waals surface area contributed by atoms with Gasteiger partial charge in [0.05, 0.1) is 5.25 Å². The van der Waals surface area contributed by atoms with Gasteiger partial charge in [-0.15, -0.1) is 5.10 Å². The van der Waals surface area contributed by atoms with Crippen LogP contribution in [-0.4, -0.2) is 26.2 Å². The maximum atomic E-state index is 13.0. The first-order valence-electron chi connectivity index (χ1n) is 7.18. The van der Waals surface area contributed by atoms with Crippen molar-refractivity contribution in [1.29, 1.82) is 0 Å². The molecular weight excluding hydrogens is 393 g/mol. The zero-order valence-corrected chi connectivity index (χ0v) is 15.1. The number of halogens is 2. The van der Waals surface area contributed by atoms with Gasteiger partial charge in [-0.2, -0.15) is 0 Å². The number of carbonyl (C=O) groups excluding carboxylic acids is 1. The molecule has 7 heteroatoms. The van der Waals surface area contributed by atoms with Crippen LogP contribution in [0, 0.1) is 5.82 Å². The average molecular weight is 406 g/mol. The van der Waals surface area contributed by atoms with Crippen molar-refractivity contribution >= 4 is 33.5 Å². The van der Waals surface area contributed by atoms with Crippen molar-refractivity contribution in [2.24, 2.45) is 0 Å². The summed E-state index contributed by atoms with van der Waals surface area (Å²) in [5, 5.41) is 7.15.